The van der Waals surface area contributed by atoms with Gasteiger partial charge in [-0.05, 0) is 7.05 Å². The third-order valence-electron chi connectivity index (χ3n) is 2.21. The second-order valence-electron chi connectivity index (χ2n) is 3.49. The van der Waals surface area contributed by atoms with Crippen LogP contribution in [0, 0.1) is 5.92 Å². The molecule has 0 aromatic heterocycles. The Morgan fingerprint density at radius 3 is 2.55 bits per heavy atom. The Morgan fingerprint density at radius 1 is 1.64 bits per heavy atom. The van der Waals surface area contributed by atoms with Gasteiger partial charge in [-0.25, -0.2) is 0 Å². The lowest BCUT2D eigenvalue weighted by Crippen LogP contribution is -2.49. The average Bonchev–Trinajstić information content (AvgIpc) is 1.84. The van der Waals surface area contributed by atoms with Gasteiger partial charge in [-0.2, -0.15) is 0 Å². The Kier molecular flexibility index (Phi) is 2.49. The maximum absolute atomic E-state index is 10.8. The highest BCUT2D eigenvalue weighted by atomic mass is 16.2. The smallest absolute Gasteiger partial charge is 0.219 e. The highest BCUT2D eigenvalue weighted by molar-refractivity contribution is 5.72. The SMILES string of the molecule is CC(=O)N(C)CC1CN(C)C1. The van der Waals surface area contributed by atoms with E-state index >= 15 is 0 Å². The highest BCUT2D eigenvalue weighted by Crippen LogP contribution is 2.13. The van der Waals surface area contributed by atoms with Gasteiger partial charge < -0.3 is 9.80 Å². The average molecular weight is 156 g/mol. The number of hydrogen-bond acceptors (Lipinski definition) is 2. The van der Waals surface area contributed by atoms with Crippen molar-refractivity contribution in [3.63, 3.8) is 0 Å². The fourth-order valence-electron chi connectivity index (χ4n) is 1.46. The molecular weight excluding hydrogens is 140 g/mol. The first kappa shape index (κ1) is 8.53. The van der Waals surface area contributed by atoms with Crippen LogP contribution in [0.15, 0.2) is 0 Å². The minimum absolute atomic E-state index is 0.166. The van der Waals surface area contributed by atoms with Gasteiger partial charge in [0.25, 0.3) is 0 Å². The molecule has 0 radical (unpaired) electrons. The molecule has 1 amide bonds. The maximum Gasteiger partial charge on any atom is 0.219 e. The molecule has 64 valence electrons. The van der Waals surface area contributed by atoms with Gasteiger partial charge in [-0.15, -0.1) is 0 Å². The molecule has 0 aliphatic carbocycles. The van der Waals surface area contributed by atoms with Crippen LogP contribution in [0.4, 0.5) is 0 Å². The fraction of sp³-hybridized carbons (Fsp3) is 0.875. The van der Waals surface area contributed by atoms with Crippen LogP contribution in [-0.4, -0.2) is 49.4 Å². The lowest BCUT2D eigenvalue weighted by molar-refractivity contribution is -0.128. The summed E-state index contributed by atoms with van der Waals surface area (Å²) in [5, 5.41) is 0. The van der Waals surface area contributed by atoms with Crippen LogP contribution in [0.2, 0.25) is 0 Å². The zero-order valence-corrected chi connectivity index (χ0v) is 7.50. The number of nitrogens with zero attached hydrogens (tertiary/aromatic N) is 2. The Morgan fingerprint density at radius 2 is 2.18 bits per heavy atom. The summed E-state index contributed by atoms with van der Waals surface area (Å²) in [6.07, 6.45) is 0. The van der Waals surface area contributed by atoms with Crippen LogP contribution in [0.25, 0.3) is 0 Å². The van der Waals surface area contributed by atoms with Gasteiger partial charge in [-0.1, -0.05) is 0 Å². The van der Waals surface area contributed by atoms with Gasteiger partial charge in [0, 0.05) is 39.5 Å². The van der Waals surface area contributed by atoms with Crippen molar-refractivity contribution in [1.82, 2.24) is 9.80 Å². The van der Waals surface area contributed by atoms with Crippen LogP contribution in [0.3, 0.4) is 0 Å². The van der Waals surface area contributed by atoms with E-state index < -0.39 is 0 Å². The van der Waals surface area contributed by atoms with Crippen LogP contribution >= 0.6 is 0 Å². The molecular formula is C8H16N2O. The fourth-order valence-corrected chi connectivity index (χ4v) is 1.46. The Labute approximate surface area is 68.0 Å². The van der Waals surface area contributed by atoms with E-state index in [0.29, 0.717) is 5.92 Å². The van der Waals surface area contributed by atoms with Crippen molar-refractivity contribution in [1.29, 1.82) is 0 Å². The van der Waals surface area contributed by atoms with Gasteiger partial charge >= 0.3 is 0 Å². The van der Waals surface area contributed by atoms with Gasteiger partial charge in [-0.3, -0.25) is 4.79 Å². The first-order valence-corrected chi connectivity index (χ1v) is 4.00. The molecule has 0 aromatic rings. The molecule has 0 unspecified atom stereocenters. The van der Waals surface area contributed by atoms with Crippen molar-refractivity contribution in [2.24, 2.45) is 5.92 Å². The van der Waals surface area contributed by atoms with E-state index in [9.17, 15) is 4.79 Å². The number of hydrogen-bond donors (Lipinski definition) is 0. The molecule has 0 spiro atoms. The van der Waals surface area contributed by atoms with Gasteiger partial charge in [0.15, 0.2) is 0 Å². The summed E-state index contributed by atoms with van der Waals surface area (Å²) in [6, 6.07) is 0. The van der Waals surface area contributed by atoms with Crippen LogP contribution in [0.5, 0.6) is 0 Å². The molecule has 1 saturated heterocycles. The number of carbonyl (C=O) groups excluding carboxylic acids is 1. The molecule has 0 bridgehead atoms. The summed E-state index contributed by atoms with van der Waals surface area (Å²) >= 11 is 0. The first-order chi connectivity index (χ1) is 5.09. The van der Waals surface area contributed by atoms with E-state index in [-0.39, 0.29) is 5.91 Å². The second kappa shape index (κ2) is 3.22. The lowest BCUT2D eigenvalue weighted by Gasteiger charge is -2.38. The summed E-state index contributed by atoms with van der Waals surface area (Å²) in [4.78, 5) is 14.9. The summed E-state index contributed by atoms with van der Waals surface area (Å²) in [5.74, 6) is 0.869. The molecule has 11 heavy (non-hydrogen) atoms. The molecule has 3 heteroatoms. The minimum atomic E-state index is 0.166. The number of amides is 1. The van der Waals surface area contributed by atoms with Crippen molar-refractivity contribution >= 4 is 5.91 Å². The zero-order valence-electron chi connectivity index (χ0n) is 7.50. The number of likely N-dealkylation sites (tertiary alicyclic amines) is 1. The number of rotatable bonds is 2. The normalized spacial score (nSPS) is 19.5. The van der Waals surface area contributed by atoms with E-state index in [1.165, 1.54) is 0 Å². The van der Waals surface area contributed by atoms with E-state index in [0.717, 1.165) is 19.6 Å². The summed E-state index contributed by atoms with van der Waals surface area (Å²) < 4.78 is 0. The van der Waals surface area contributed by atoms with E-state index in [2.05, 4.69) is 11.9 Å². The largest absolute Gasteiger partial charge is 0.346 e. The van der Waals surface area contributed by atoms with Crippen molar-refractivity contribution in [3.8, 4) is 0 Å². The van der Waals surface area contributed by atoms with Crippen molar-refractivity contribution in [2.45, 2.75) is 6.92 Å². The summed E-state index contributed by atoms with van der Waals surface area (Å²) in [7, 11) is 3.96. The second-order valence-corrected chi connectivity index (χ2v) is 3.49. The van der Waals surface area contributed by atoms with E-state index in [1.54, 1.807) is 11.8 Å². The molecule has 1 aliphatic rings. The van der Waals surface area contributed by atoms with Crippen LogP contribution in [0.1, 0.15) is 6.92 Å². The predicted molar refractivity (Wildman–Crippen MR) is 44.3 cm³/mol. The van der Waals surface area contributed by atoms with Crippen molar-refractivity contribution in [3.05, 3.63) is 0 Å². The third-order valence-corrected chi connectivity index (χ3v) is 2.21. The quantitative estimate of drug-likeness (QED) is 0.563. The molecule has 0 aromatic carbocycles. The monoisotopic (exact) mass is 156 g/mol. The summed E-state index contributed by atoms with van der Waals surface area (Å²) in [5.41, 5.74) is 0. The Bertz CT molecular complexity index is 152. The molecule has 0 saturated carbocycles. The van der Waals surface area contributed by atoms with Crippen molar-refractivity contribution in [2.75, 3.05) is 33.7 Å². The van der Waals surface area contributed by atoms with E-state index in [4.69, 9.17) is 0 Å². The molecule has 1 fully saturated rings. The van der Waals surface area contributed by atoms with E-state index in [1.807, 2.05) is 7.05 Å². The van der Waals surface area contributed by atoms with Crippen molar-refractivity contribution < 1.29 is 4.79 Å². The standard InChI is InChI=1S/C8H16N2O/c1-7(11)10(3)6-8-4-9(2)5-8/h8H,4-6H2,1-3H3. The molecule has 1 rings (SSSR count). The van der Waals surface area contributed by atoms with Crippen LogP contribution in [-0.2, 0) is 4.79 Å². The van der Waals surface area contributed by atoms with Crippen LogP contribution < -0.4 is 0 Å². The Balaban J connectivity index is 2.16. The molecule has 0 atom stereocenters. The molecule has 0 N–H and O–H groups in total. The Hall–Kier alpha value is -0.570. The number of carbonyl (C=O) groups is 1. The highest BCUT2D eigenvalue weighted by Gasteiger charge is 2.24. The lowest BCUT2D eigenvalue weighted by atomic mass is 10.0. The van der Waals surface area contributed by atoms with Gasteiger partial charge in [0.2, 0.25) is 5.91 Å². The molecule has 1 heterocycles. The third kappa shape index (κ3) is 2.19. The summed E-state index contributed by atoms with van der Waals surface area (Å²) in [6.45, 7) is 4.80. The van der Waals surface area contributed by atoms with Gasteiger partial charge in [0.1, 0.15) is 0 Å². The maximum atomic E-state index is 10.8. The van der Waals surface area contributed by atoms with Gasteiger partial charge in [0.05, 0.1) is 0 Å². The predicted octanol–water partition coefficient (Wildman–Crippen LogP) is 0.0263. The zero-order chi connectivity index (χ0) is 8.43. The molecule has 3 nitrogen and oxygen atoms in total. The first-order valence-electron chi connectivity index (χ1n) is 4.00. The minimum Gasteiger partial charge on any atom is -0.346 e. The topological polar surface area (TPSA) is 23.6 Å². The molecule has 1 aliphatic heterocycles.